The maximum atomic E-state index is 13.2. The van der Waals surface area contributed by atoms with Gasteiger partial charge in [0.05, 0.1) is 6.10 Å². The molecule has 0 heterocycles. The van der Waals surface area contributed by atoms with Gasteiger partial charge in [-0.1, -0.05) is 12.1 Å². The highest BCUT2D eigenvalue weighted by Crippen LogP contribution is 2.13. The molecule has 3 heteroatoms. The minimum Gasteiger partial charge on any atom is -0.382 e. The number of aryl methyl sites for hydroxylation is 1. The first-order chi connectivity index (χ1) is 7.54. The lowest BCUT2D eigenvalue weighted by molar-refractivity contribution is 0.0877. The predicted octanol–water partition coefficient (Wildman–Crippen LogP) is 3.13. The zero-order chi connectivity index (χ0) is 12.1. The van der Waals surface area contributed by atoms with Crippen molar-refractivity contribution in [3.05, 3.63) is 35.1 Å². The molecule has 2 nitrogen and oxygen atoms in total. The largest absolute Gasteiger partial charge is 0.382 e. The fraction of sp³-hybridized carbons (Fsp3) is 0.462. The van der Waals surface area contributed by atoms with Gasteiger partial charge in [-0.05, 0) is 31.9 Å². The molecule has 0 aromatic heterocycles. The molecule has 0 saturated heterocycles. The summed E-state index contributed by atoms with van der Waals surface area (Å²) in [6.45, 7) is 3.58. The maximum absolute atomic E-state index is 13.2. The Hall–Kier alpha value is -1.22. The number of carbonyl (C=O) groups excluding carboxylic acids is 1. The molecule has 1 rings (SSSR count). The molecule has 16 heavy (non-hydrogen) atoms. The Balaban J connectivity index is 2.63. The van der Waals surface area contributed by atoms with E-state index in [2.05, 4.69) is 0 Å². The summed E-state index contributed by atoms with van der Waals surface area (Å²) in [5, 5.41) is 0. The van der Waals surface area contributed by atoms with Crippen LogP contribution in [-0.2, 0) is 4.74 Å². The number of halogens is 1. The Kier molecular flexibility index (Phi) is 4.62. The van der Waals surface area contributed by atoms with E-state index in [1.165, 1.54) is 6.07 Å². The molecule has 1 atom stereocenters. The van der Waals surface area contributed by atoms with Crippen molar-refractivity contribution in [3.8, 4) is 0 Å². The lowest BCUT2D eigenvalue weighted by Crippen LogP contribution is -2.09. The summed E-state index contributed by atoms with van der Waals surface area (Å²) in [7, 11) is 1.61. The van der Waals surface area contributed by atoms with Gasteiger partial charge in [0.2, 0.25) is 0 Å². The summed E-state index contributed by atoms with van der Waals surface area (Å²) in [6.07, 6.45) is 1.10. The molecule has 0 spiro atoms. The number of methoxy groups -OCH3 is 1. The van der Waals surface area contributed by atoms with Crippen molar-refractivity contribution in [2.45, 2.75) is 32.8 Å². The van der Waals surface area contributed by atoms with E-state index in [0.717, 1.165) is 0 Å². The number of hydrogen-bond acceptors (Lipinski definition) is 2. The van der Waals surface area contributed by atoms with Crippen LogP contribution in [0.5, 0.6) is 0 Å². The molecule has 0 N–H and O–H groups in total. The summed E-state index contributed by atoms with van der Waals surface area (Å²) in [5.74, 6) is -0.367. The van der Waals surface area contributed by atoms with Gasteiger partial charge >= 0.3 is 0 Å². The van der Waals surface area contributed by atoms with Gasteiger partial charge < -0.3 is 4.74 Å². The second-order valence-corrected chi connectivity index (χ2v) is 3.97. The summed E-state index contributed by atoms with van der Waals surface area (Å²) < 4.78 is 18.3. The van der Waals surface area contributed by atoms with E-state index in [0.29, 0.717) is 24.0 Å². The van der Waals surface area contributed by atoms with Crippen LogP contribution in [0.25, 0.3) is 0 Å². The van der Waals surface area contributed by atoms with Crippen LogP contribution in [0.15, 0.2) is 18.2 Å². The van der Waals surface area contributed by atoms with Gasteiger partial charge in [0, 0.05) is 19.1 Å². The molecule has 88 valence electrons. The zero-order valence-corrected chi connectivity index (χ0v) is 9.92. The monoisotopic (exact) mass is 224 g/mol. The summed E-state index contributed by atoms with van der Waals surface area (Å²) in [5.41, 5.74) is 0.994. The number of ether oxygens (including phenoxy) is 1. The molecule has 1 aromatic rings. The minimum absolute atomic E-state index is 0.0391. The lowest BCUT2D eigenvalue weighted by Gasteiger charge is -2.08. The van der Waals surface area contributed by atoms with Crippen LogP contribution in [0.1, 0.15) is 35.7 Å². The van der Waals surface area contributed by atoms with E-state index >= 15 is 0 Å². The van der Waals surface area contributed by atoms with Crippen LogP contribution in [0, 0.1) is 12.7 Å². The zero-order valence-electron chi connectivity index (χ0n) is 9.92. The second kappa shape index (κ2) is 5.75. The van der Waals surface area contributed by atoms with E-state index in [-0.39, 0.29) is 17.7 Å². The van der Waals surface area contributed by atoms with Crippen LogP contribution in [0.2, 0.25) is 0 Å². The molecular formula is C13H17FO2. The topological polar surface area (TPSA) is 26.3 Å². The number of carbonyl (C=O) groups is 1. The van der Waals surface area contributed by atoms with E-state index in [1.54, 1.807) is 26.2 Å². The summed E-state index contributed by atoms with van der Waals surface area (Å²) in [6, 6.07) is 4.59. The van der Waals surface area contributed by atoms with Gasteiger partial charge in [-0.2, -0.15) is 0 Å². The van der Waals surface area contributed by atoms with Crippen LogP contribution >= 0.6 is 0 Å². The molecule has 1 aromatic carbocycles. The van der Waals surface area contributed by atoms with Crippen molar-refractivity contribution in [2.75, 3.05) is 7.11 Å². The molecular weight excluding hydrogens is 207 g/mol. The Bertz CT molecular complexity index is 374. The number of benzene rings is 1. The molecule has 0 aliphatic carbocycles. The first kappa shape index (κ1) is 12.8. The Morgan fingerprint density at radius 1 is 1.50 bits per heavy atom. The van der Waals surface area contributed by atoms with Crippen LogP contribution in [-0.4, -0.2) is 19.0 Å². The van der Waals surface area contributed by atoms with Crippen molar-refractivity contribution in [2.24, 2.45) is 0 Å². The maximum Gasteiger partial charge on any atom is 0.163 e. The average Bonchev–Trinajstić information content (AvgIpc) is 2.29. The lowest BCUT2D eigenvalue weighted by atomic mass is 10.0. The van der Waals surface area contributed by atoms with Gasteiger partial charge in [-0.25, -0.2) is 4.39 Å². The van der Waals surface area contributed by atoms with Crippen molar-refractivity contribution in [1.29, 1.82) is 0 Å². The molecule has 0 aliphatic heterocycles. The fourth-order valence-electron chi connectivity index (χ4n) is 1.36. The van der Waals surface area contributed by atoms with Gasteiger partial charge in [-0.15, -0.1) is 0 Å². The molecule has 0 radical (unpaired) electrons. The highest BCUT2D eigenvalue weighted by Gasteiger charge is 2.10. The number of hydrogen-bond donors (Lipinski definition) is 0. The molecule has 0 fully saturated rings. The smallest absolute Gasteiger partial charge is 0.163 e. The van der Waals surface area contributed by atoms with Crippen LogP contribution in [0.4, 0.5) is 4.39 Å². The third-order valence-corrected chi connectivity index (χ3v) is 2.67. The number of Topliss-reactive ketones (excluding diaryl/α,β-unsaturated/α-hetero) is 1. The van der Waals surface area contributed by atoms with Crippen LogP contribution < -0.4 is 0 Å². The van der Waals surface area contributed by atoms with Gasteiger partial charge in [-0.3, -0.25) is 4.79 Å². The first-order valence-electron chi connectivity index (χ1n) is 5.36. The van der Waals surface area contributed by atoms with Gasteiger partial charge in [0.25, 0.3) is 0 Å². The van der Waals surface area contributed by atoms with Gasteiger partial charge in [0.1, 0.15) is 5.82 Å². The van der Waals surface area contributed by atoms with Crippen molar-refractivity contribution in [3.63, 3.8) is 0 Å². The highest BCUT2D eigenvalue weighted by atomic mass is 19.1. The van der Waals surface area contributed by atoms with Crippen molar-refractivity contribution in [1.82, 2.24) is 0 Å². The molecule has 0 aliphatic rings. The standard InChI is InChI=1S/C13H17FO2/c1-9-4-6-11(8-12(9)14)13(15)7-5-10(2)16-3/h4,6,8,10H,5,7H2,1-3H3. The van der Waals surface area contributed by atoms with Gasteiger partial charge in [0.15, 0.2) is 5.78 Å². The van der Waals surface area contributed by atoms with E-state index in [9.17, 15) is 9.18 Å². The molecule has 0 saturated carbocycles. The predicted molar refractivity (Wildman–Crippen MR) is 61.2 cm³/mol. The van der Waals surface area contributed by atoms with E-state index in [4.69, 9.17) is 4.74 Å². The minimum atomic E-state index is -0.328. The number of rotatable bonds is 5. The summed E-state index contributed by atoms with van der Waals surface area (Å²) in [4.78, 5) is 11.7. The molecule has 0 bridgehead atoms. The second-order valence-electron chi connectivity index (χ2n) is 3.97. The highest BCUT2D eigenvalue weighted by molar-refractivity contribution is 5.96. The fourth-order valence-corrected chi connectivity index (χ4v) is 1.36. The third kappa shape index (κ3) is 3.42. The molecule has 0 amide bonds. The normalized spacial score (nSPS) is 12.5. The van der Waals surface area contributed by atoms with E-state index < -0.39 is 0 Å². The molecule has 1 unspecified atom stereocenters. The Morgan fingerprint density at radius 2 is 2.19 bits per heavy atom. The Labute approximate surface area is 95.4 Å². The van der Waals surface area contributed by atoms with E-state index in [1.807, 2.05) is 6.92 Å². The SMILES string of the molecule is COC(C)CCC(=O)c1ccc(C)c(F)c1. The Morgan fingerprint density at radius 3 is 2.75 bits per heavy atom. The quantitative estimate of drug-likeness (QED) is 0.718. The third-order valence-electron chi connectivity index (χ3n) is 2.67. The van der Waals surface area contributed by atoms with Crippen molar-refractivity contribution >= 4 is 5.78 Å². The summed E-state index contributed by atoms with van der Waals surface area (Å²) >= 11 is 0. The van der Waals surface area contributed by atoms with Crippen molar-refractivity contribution < 1.29 is 13.9 Å². The number of ketones is 1. The van der Waals surface area contributed by atoms with Crippen LogP contribution in [0.3, 0.4) is 0 Å². The first-order valence-corrected chi connectivity index (χ1v) is 5.36. The average molecular weight is 224 g/mol.